The molecule has 56 valence electrons. The maximum atomic E-state index is 8.97. The number of aromatic nitrogens is 2. The van der Waals surface area contributed by atoms with Crippen LogP contribution in [0, 0.1) is 0 Å². The third kappa shape index (κ3) is 1.40. The molecule has 0 saturated carbocycles. The largest absolute Gasteiger partial charge is 0.491 e. The number of hydrogen-bond acceptors (Lipinski definition) is 3. The van der Waals surface area contributed by atoms with Crippen molar-refractivity contribution in [2.24, 2.45) is 0 Å². The zero-order valence-electron chi connectivity index (χ0n) is 5.98. The van der Waals surface area contributed by atoms with E-state index >= 15 is 0 Å². The van der Waals surface area contributed by atoms with E-state index in [-0.39, 0.29) is 12.0 Å². The average molecular weight is 142 g/mol. The lowest BCUT2D eigenvalue weighted by molar-refractivity contribution is 0.0225. The van der Waals surface area contributed by atoms with Crippen molar-refractivity contribution in [2.75, 3.05) is 0 Å². The van der Waals surface area contributed by atoms with E-state index in [1.807, 2.05) is 13.8 Å². The summed E-state index contributed by atoms with van der Waals surface area (Å²) in [6, 6.07) is 1.46. The lowest BCUT2D eigenvalue weighted by Gasteiger charge is -2.07. The Kier molecular flexibility index (Phi) is 1.80. The molecule has 4 nitrogen and oxygen atoms in total. The first-order valence-corrected chi connectivity index (χ1v) is 3.10. The minimum Gasteiger partial charge on any atom is -0.491 e. The van der Waals surface area contributed by atoms with Crippen LogP contribution in [0.2, 0.25) is 0 Å². The number of hydrogen-bond donors (Lipinski definition) is 1. The van der Waals surface area contributed by atoms with Gasteiger partial charge in [-0.05, 0) is 13.8 Å². The molecular formula is C6H10N2O2. The van der Waals surface area contributed by atoms with Gasteiger partial charge in [0.25, 0.3) is 0 Å². The van der Waals surface area contributed by atoms with Crippen molar-refractivity contribution in [2.45, 2.75) is 20.0 Å². The summed E-state index contributed by atoms with van der Waals surface area (Å²) in [7, 11) is 0. The van der Waals surface area contributed by atoms with Crippen molar-refractivity contribution < 1.29 is 9.94 Å². The van der Waals surface area contributed by atoms with Crippen molar-refractivity contribution in [1.82, 2.24) is 9.94 Å². The van der Waals surface area contributed by atoms with Crippen LogP contribution in [0.3, 0.4) is 0 Å². The van der Waals surface area contributed by atoms with Crippen LogP contribution in [0.1, 0.15) is 13.8 Å². The predicted molar refractivity (Wildman–Crippen MR) is 35.6 cm³/mol. The Morgan fingerprint density at radius 1 is 1.70 bits per heavy atom. The first-order chi connectivity index (χ1) is 4.70. The summed E-state index contributed by atoms with van der Waals surface area (Å²) < 4.78 is 0. The monoisotopic (exact) mass is 142 g/mol. The summed E-state index contributed by atoms with van der Waals surface area (Å²) in [5.41, 5.74) is 0. The molecule has 0 radical (unpaired) electrons. The fourth-order valence-electron chi connectivity index (χ4n) is 0.564. The highest BCUT2D eigenvalue weighted by molar-refractivity contribution is 5.02. The second-order valence-corrected chi connectivity index (χ2v) is 2.22. The Morgan fingerprint density at radius 2 is 2.40 bits per heavy atom. The summed E-state index contributed by atoms with van der Waals surface area (Å²) in [5, 5.41) is 12.7. The van der Waals surface area contributed by atoms with Crippen LogP contribution in [0.4, 0.5) is 0 Å². The minimum absolute atomic E-state index is 0.0193. The van der Waals surface area contributed by atoms with Crippen molar-refractivity contribution in [3.63, 3.8) is 0 Å². The maximum absolute atomic E-state index is 8.97. The van der Waals surface area contributed by atoms with Crippen LogP contribution in [-0.4, -0.2) is 21.2 Å². The standard InChI is InChI=1S/C6H10N2O2/c1-5(2)10-8-6(9)3-4-7-8/h3-5,9H,1-2H3. The smallest absolute Gasteiger partial charge is 0.247 e. The predicted octanol–water partition coefficient (Wildman–Crippen LogP) is 0.426. The first-order valence-electron chi connectivity index (χ1n) is 3.10. The second-order valence-electron chi connectivity index (χ2n) is 2.22. The van der Waals surface area contributed by atoms with Gasteiger partial charge >= 0.3 is 0 Å². The number of aromatic hydroxyl groups is 1. The van der Waals surface area contributed by atoms with Crippen LogP contribution in [0.25, 0.3) is 0 Å². The third-order valence-electron chi connectivity index (χ3n) is 0.902. The molecule has 1 rings (SSSR count). The van der Waals surface area contributed by atoms with Gasteiger partial charge in [-0.1, -0.05) is 4.85 Å². The van der Waals surface area contributed by atoms with Gasteiger partial charge in [-0.3, -0.25) is 0 Å². The molecule has 4 heteroatoms. The summed E-state index contributed by atoms with van der Waals surface area (Å²) in [6.07, 6.45) is 1.49. The first kappa shape index (κ1) is 6.92. The van der Waals surface area contributed by atoms with Gasteiger partial charge in [-0.15, -0.1) is 5.10 Å². The summed E-state index contributed by atoms with van der Waals surface area (Å²) >= 11 is 0. The van der Waals surface area contributed by atoms with Crippen molar-refractivity contribution in [3.8, 4) is 5.88 Å². The van der Waals surface area contributed by atoms with E-state index < -0.39 is 0 Å². The van der Waals surface area contributed by atoms with Crippen LogP contribution in [-0.2, 0) is 0 Å². The van der Waals surface area contributed by atoms with Gasteiger partial charge in [0, 0.05) is 6.07 Å². The van der Waals surface area contributed by atoms with Gasteiger partial charge in [0.15, 0.2) is 0 Å². The number of rotatable bonds is 2. The zero-order valence-corrected chi connectivity index (χ0v) is 5.98. The van der Waals surface area contributed by atoms with Crippen LogP contribution in [0.15, 0.2) is 12.3 Å². The highest BCUT2D eigenvalue weighted by Gasteiger charge is 2.00. The molecule has 0 aliphatic heterocycles. The third-order valence-corrected chi connectivity index (χ3v) is 0.902. The summed E-state index contributed by atoms with van der Waals surface area (Å²) in [5.74, 6) is 0.0219. The molecule has 0 amide bonds. The Balaban J connectivity index is 2.65. The molecule has 1 aromatic heterocycles. The van der Waals surface area contributed by atoms with Gasteiger partial charge in [0.05, 0.1) is 6.20 Å². The number of nitrogens with zero attached hydrogens (tertiary/aromatic N) is 2. The zero-order chi connectivity index (χ0) is 7.56. The Hall–Kier alpha value is -1.19. The second kappa shape index (κ2) is 2.60. The summed E-state index contributed by atoms with van der Waals surface area (Å²) in [4.78, 5) is 6.13. The Labute approximate surface area is 59.0 Å². The molecule has 1 heterocycles. The fraction of sp³-hybridized carbons (Fsp3) is 0.500. The van der Waals surface area contributed by atoms with E-state index in [1.54, 1.807) is 0 Å². The lowest BCUT2D eigenvalue weighted by atomic mass is 10.5. The molecule has 0 unspecified atom stereocenters. The highest BCUT2D eigenvalue weighted by atomic mass is 16.7. The van der Waals surface area contributed by atoms with E-state index in [2.05, 4.69) is 5.10 Å². The molecule has 0 aliphatic rings. The molecular weight excluding hydrogens is 132 g/mol. The normalized spacial score (nSPS) is 10.3. The van der Waals surface area contributed by atoms with E-state index in [0.29, 0.717) is 0 Å². The molecule has 0 fully saturated rings. The van der Waals surface area contributed by atoms with Gasteiger partial charge in [0.2, 0.25) is 5.88 Å². The van der Waals surface area contributed by atoms with Gasteiger partial charge in [0.1, 0.15) is 6.10 Å². The molecule has 10 heavy (non-hydrogen) atoms. The van der Waals surface area contributed by atoms with E-state index in [1.165, 1.54) is 12.3 Å². The lowest BCUT2D eigenvalue weighted by Crippen LogP contribution is -2.19. The average Bonchev–Trinajstić information content (AvgIpc) is 2.15. The Bertz CT molecular complexity index is 207. The van der Waals surface area contributed by atoms with Crippen molar-refractivity contribution in [1.29, 1.82) is 0 Å². The molecule has 0 spiro atoms. The minimum atomic E-state index is 0.0193. The SMILES string of the molecule is CC(C)On1nccc1O. The van der Waals surface area contributed by atoms with E-state index in [4.69, 9.17) is 9.94 Å². The Morgan fingerprint density at radius 3 is 2.80 bits per heavy atom. The maximum Gasteiger partial charge on any atom is 0.247 e. The highest BCUT2D eigenvalue weighted by Crippen LogP contribution is 2.03. The van der Waals surface area contributed by atoms with Crippen LogP contribution in [0.5, 0.6) is 5.88 Å². The van der Waals surface area contributed by atoms with Gasteiger partial charge < -0.3 is 9.94 Å². The summed E-state index contributed by atoms with van der Waals surface area (Å²) in [6.45, 7) is 3.72. The molecule has 0 bridgehead atoms. The fourth-order valence-corrected chi connectivity index (χ4v) is 0.564. The topological polar surface area (TPSA) is 47.3 Å². The quantitative estimate of drug-likeness (QED) is 0.651. The molecule has 0 atom stereocenters. The molecule has 0 saturated heterocycles. The molecule has 1 aromatic rings. The molecule has 1 N–H and O–H groups in total. The molecule has 0 aromatic carbocycles. The van der Waals surface area contributed by atoms with Gasteiger partial charge in [-0.2, -0.15) is 0 Å². The van der Waals surface area contributed by atoms with Crippen LogP contribution < -0.4 is 4.84 Å². The molecule has 0 aliphatic carbocycles. The van der Waals surface area contributed by atoms with Crippen molar-refractivity contribution >= 4 is 0 Å². The van der Waals surface area contributed by atoms with Crippen molar-refractivity contribution in [3.05, 3.63) is 12.3 Å². The van der Waals surface area contributed by atoms with E-state index in [9.17, 15) is 0 Å². The van der Waals surface area contributed by atoms with Gasteiger partial charge in [-0.25, -0.2) is 0 Å². The van der Waals surface area contributed by atoms with E-state index in [0.717, 1.165) is 4.85 Å². The van der Waals surface area contributed by atoms with Crippen LogP contribution >= 0.6 is 0 Å².